The van der Waals surface area contributed by atoms with E-state index in [0.29, 0.717) is 24.5 Å². The molecule has 0 bridgehead atoms. The van der Waals surface area contributed by atoms with Crippen molar-refractivity contribution in [3.05, 3.63) is 12.2 Å². The van der Waals surface area contributed by atoms with Gasteiger partial charge < -0.3 is 4.79 Å². The average Bonchev–Trinajstić information content (AvgIpc) is 2.50. The molecule has 0 aromatic carbocycles. The lowest BCUT2D eigenvalue weighted by molar-refractivity contribution is -0.121. The summed E-state index contributed by atoms with van der Waals surface area (Å²) < 4.78 is 0. The average molecular weight is 194 g/mol. The van der Waals surface area contributed by atoms with Crippen molar-refractivity contribution in [2.75, 3.05) is 0 Å². The molecule has 2 atom stereocenters. The zero-order valence-corrected chi connectivity index (χ0v) is 8.74. The molecule has 0 amide bonds. The Hall–Kier alpha value is -0.920. The van der Waals surface area contributed by atoms with Crippen LogP contribution in [0.15, 0.2) is 12.2 Å². The predicted molar refractivity (Wildman–Crippen MR) is 56.0 cm³/mol. The Kier molecular flexibility index (Phi) is 4.57. The fourth-order valence-corrected chi connectivity index (χ4v) is 2.12. The Morgan fingerprint density at radius 1 is 1.36 bits per heavy atom. The van der Waals surface area contributed by atoms with Gasteiger partial charge in [-0.15, -0.1) is 0 Å². The maximum absolute atomic E-state index is 11.5. The highest BCUT2D eigenvalue weighted by Crippen LogP contribution is 2.33. The largest absolute Gasteiger partial charge is 0.303 e. The Labute approximate surface area is 85.4 Å². The summed E-state index contributed by atoms with van der Waals surface area (Å²) in [4.78, 5) is 21.9. The van der Waals surface area contributed by atoms with Crippen LogP contribution in [0.25, 0.3) is 0 Å². The molecule has 0 radical (unpaired) electrons. The van der Waals surface area contributed by atoms with Crippen molar-refractivity contribution in [2.24, 2.45) is 11.8 Å². The summed E-state index contributed by atoms with van der Waals surface area (Å²) in [6, 6.07) is 0. The van der Waals surface area contributed by atoms with Gasteiger partial charge in [0.2, 0.25) is 0 Å². The molecule has 14 heavy (non-hydrogen) atoms. The molecule has 0 aromatic heterocycles. The highest BCUT2D eigenvalue weighted by atomic mass is 16.1. The molecular weight excluding hydrogens is 176 g/mol. The molecule has 0 aliphatic heterocycles. The van der Waals surface area contributed by atoms with E-state index in [1.807, 2.05) is 0 Å². The number of hydrogen-bond donors (Lipinski definition) is 0. The van der Waals surface area contributed by atoms with Gasteiger partial charge >= 0.3 is 0 Å². The first-order valence-corrected chi connectivity index (χ1v) is 5.41. The molecule has 0 heterocycles. The van der Waals surface area contributed by atoms with E-state index in [1.165, 1.54) is 0 Å². The van der Waals surface area contributed by atoms with E-state index in [9.17, 15) is 9.59 Å². The summed E-state index contributed by atoms with van der Waals surface area (Å²) in [7, 11) is 0. The van der Waals surface area contributed by atoms with Gasteiger partial charge in [-0.1, -0.05) is 19.1 Å². The Balaban J connectivity index is 2.48. The summed E-state index contributed by atoms with van der Waals surface area (Å²) >= 11 is 0. The fraction of sp³-hybridized carbons (Fsp3) is 0.667. The summed E-state index contributed by atoms with van der Waals surface area (Å²) in [6.07, 6.45) is 9.07. The van der Waals surface area contributed by atoms with Crippen LogP contribution in [0.1, 0.15) is 39.0 Å². The Morgan fingerprint density at radius 2 is 2.14 bits per heavy atom. The molecule has 1 saturated carbocycles. The third-order valence-electron chi connectivity index (χ3n) is 2.94. The molecule has 2 heteroatoms. The third-order valence-corrected chi connectivity index (χ3v) is 2.94. The van der Waals surface area contributed by atoms with Crippen molar-refractivity contribution in [1.29, 1.82) is 0 Å². The number of ketones is 1. The molecule has 2 unspecified atom stereocenters. The van der Waals surface area contributed by atoms with Gasteiger partial charge in [0.15, 0.2) is 0 Å². The van der Waals surface area contributed by atoms with Crippen LogP contribution in [-0.4, -0.2) is 12.1 Å². The molecule has 78 valence electrons. The second-order valence-electron chi connectivity index (χ2n) is 3.89. The number of rotatable bonds is 5. The second-order valence-corrected chi connectivity index (χ2v) is 3.89. The highest BCUT2D eigenvalue weighted by molar-refractivity contribution is 5.84. The third kappa shape index (κ3) is 2.79. The minimum absolute atomic E-state index is 0.114. The maximum atomic E-state index is 11.5. The van der Waals surface area contributed by atoms with E-state index in [1.54, 1.807) is 0 Å². The van der Waals surface area contributed by atoms with Gasteiger partial charge in [-0.05, 0) is 25.2 Å². The van der Waals surface area contributed by atoms with Crippen molar-refractivity contribution in [2.45, 2.75) is 39.0 Å². The van der Waals surface area contributed by atoms with Crippen LogP contribution in [0, 0.1) is 11.8 Å². The number of hydrogen-bond acceptors (Lipinski definition) is 2. The molecule has 1 fully saturated rings. The van der Waals surface area contributed by atoms with Crippen LogP contribution in [0.5, 0.6) is 0 Å². The quantitative estimate of drug-likeness (QED) is 0.498. The van der Waals surface area contributed by atoms with Crippen molar-refractivity contribution < 1.29 is 9.59 Å². The van der Waals surface area contributed by atoms with Gasteiger partial charge in [0.05, 0.1) is 0 Å². The number of aldehydes is 1. The summed E-state index contributed by atoms with van der Waals surface area (Å²) in [5.74, 6) is 0.766. The van der Waals surface area contributed by atoms with Gasteiger partial charge in [0.25, 0.3) is 0 Å². The fourth-order valence-electron chi connectivity index (χ4n) is 2.12. The summed E-state index contributed by atoms with van der Waals surface area (Å²) in [5.41, 5.74) is 0. The lowest BCUT2D eigenvalue weighted by Gasteiger charge is -2.13. The van der Waals surface area contributed by atoms with E-state index < -0.39 is 0 Å². The molecule has 0 N–H and O–H groups in total. The molecule has 0 aromatic rings. The van der Waals surface area contributed by atoms with Crippen LogP contribution in [0.2, 0.25) is 0 Å². The minimum atomic E-state index is 0.114. The maximum Gasteiger partial charge on any atom is 0.136 e. The highest BCUT2D eigenvalue weighted by Gasteiger charge is 2.32. The van der Waals surface area contributed by atoms with Crippen LogP contribution in [0.4, 0.5) is 0 Å². The first kappa shape index (κ1) is 11.2. The van der Waals surface area contributed by atoms with E-state index in [2.05, 4.69) is 19.1 Å². The van der Waals surface area contributed by atoms with Crippen molar-refractivity contribution in [1.82, 2.24) is 0 Å². The van der Waals surface area contributed by atoms with Gasteiger partial charge in [-0.2, -0.15) is 0 Å². The van der Waals surface area contributed by atoms with Crippen LogP contribution in [0.3, 0.4) is 0 Å². The van der Waals surface area contributed by atoms with E-state index in [-0.39, 0.29) is 5.92 Å². The first-order valence-electron chi connectivity index (χ1n) is 5.41. The number of allylic oxidation sites excluding steroid dienone is 2. The van der Waals surface area contributed by atoms with Gasteiger partial charge in [-0.25, -0.2) is 0 Å². The zero-order valence-electron chi connectivity index (χ0n) is 8.74. The number of carbonyl (C=O) groups is 2. The van der Waals surface area contributed by atoms with Crippen LogP contribution >= 0.6 is 0 Å². The van der Waals surface area contributed by atoms with Crippen LogP contribution in [-0.2, 0) is 9.59 Å². The van der Waals surface area contributed by atoms with E-state index in [0.717, 1.165) is 25.5 Å². The standard InChI is InChI=1S/C12H18O2/c1-2-3-4-5-11-10(8-9-13)6-7-12(11)14/h3-4,9-11H,2,5-8H2,1H3/b4-3-. The second kappa shape index (κ2) is 5.74. The molecular formula is C12H18O2. The van der Waals surface area contributed by atoms with E-state index >= 15 is 0 Å². The van der Waals surface area contributed by atoms with Crippen molar-refractivity contribution >= 4 is 12.1 Å². The van der Waals surface area contributed by atoms with Crippen molar-refractivity contribution in [3.8, 4) is 0 Å². The summed E-state index contributed by atoms with van der Waals surface area (Å²) in [5, 5.41) is 0. The topological polar surface area (TPSA) is 34.1 Å². The van der Waals surface area contributed by atoms with Crippen molar-refractivity contribution in [3.63, 3.8) is 0 Å². The smallest absolute Gasteiger partial charge is 0.136 e. The zero-order chi connectivity index (χ0) is 10.4. The van der Waals surface area contributed by atoms with Gasteiger partial charge in [0, 0.05) is 18.8 Å². The minimum Gasteiger partial charge on any atom is -0.303 e. The molecule has 0 spiro atoms. The first-order chi connectivity index (χ1) is 6.79. The van der Waals surface area contributed by atoms with Gasteiger partial charge in [0.1, 0.15) is 12.1 Å². The monoisotopic (exact) mass is 194 g/mol. The Bertz CT molecular complexity index is 230. The molecule has 1 aliphatic rings. The Morgan fingerprint density at radius 3 is 2.79 bits per heavy atom. The van der Waals surface area contributed by atoms with E-state index in [4.69, 9.17) is 0 Å². The van der Waals surface area contributed by atoms with Crippen LogP contribution < -0.4 is 0 Å². The normalized spacial score (nSPS) is 27.4. The molecule has 0 saturated heterocycles. The molecule has 2 nitrogen and oxygen atoms in total. The number of carbonyl (C=O) groups excluding carboxylic acids is 2. The predicted octanol–water partition coefficient (Wildman–Crippen LogP) is 2.53. The number of Topliss-reactive ketones (excluding diaryl/α,β-unsaturated/α-hetero) is 1. The summed E-state index contributed by atoms with van der Waals surface area (Å²) in [6.45, 7) is 2.08. The lowest BCUT2D eigenvalue weighted by Crippen LogP contribution is -2.14. The van der Waals surface area contributed by atoms with Gasteiger partial charge in [-0.3, -0.25) is 4.79 Å². The molecule has 1 aliphatic carbocycles. The molecule has 1 rings (SSSR count). The lowest BCUT2D eigenvalue weighted by atomic mass is 9.90. The SMILES string of the molecule is CC/C=C\CC1C(=O)CCC1CC=O.